The monoisotopic (exact) mass is 362 g/mol. The van der Waals surface area contributed by atoms with E-state index in [0.717, 1.165) is 33.2 Å². The number of rotatable bonds is 1. The van der Waals surface area contributed by atoms with Crippen LogP contribution in [0.3, 0.4) is 0 Å². The minimum Gasteiger partial charge on any atom is -0.337 e. The molecule has 4 heteroatoms. The van der Waals surface area contributed by atoms with Crippen LogP contribution in [0.5, 0.6) is 0 Å². The fourth-order valence-corrected chi connectivity index (χ4v) is 3.83. The van der Waals surface area contributed by atoms with Crippen LogP contribution in [0, 0.1) is 0 Å². The van der Waals surface area contributed by atoms with E-state index in [1.54, 1.807) is 6.07 Å². The van der Waals surface area contributed by atoms with Crippen LogP contribution in [0.1, 0.15) is 0 Å². The Morgan fingerprint density at radius 1 is 0.680 bits per heavy atom. The molecular formula is C21H12Cl2N2. The molecule has 0 aliphatic heterocycles. The molecule has 0 radical (unpaired) electrons. The number of hydrogen-bond acceptors (Lipinski definition) is 1. The van der Waals surface area contributed by atoms with E-state index in [0.29, 0.717) is 10.0 Å². The molecule has 0 spiro atoms. The van der Waals surface area contributed by atoms with E-state index in [4.69, 9.17) is 28.2 Å². The molecule has 0 unspecified atom stereocenters. The number of nitrogens with one attached hydrogen (secondary N) is 1. The number of hydrogen-bond donors (Lipinski definition) is 1. The summed E-state index contributed by atoms with van der Waals surface area (Å²) in [6.45, 7) is 0. The Morgan fingerprint density at radius 3 is 2.08 bits per heavy atom. The average Bonchev–Trinajstić information content (AvgIpc) is 3.10. The molecule has 0 saturated carbocycles. The van der Waals surface area contributed by atoms with Gasteiger partial charge in [0.2, 0.25) is 0 Å². The highest BCUT2D eigenvalue weighted by atomic mass is 35.5. The molecule has 0 saturated heterocycles. The van der Waals surface area contributed by atoms with Gasteiger partial charge in [-0.1, -0.05) is 77.8 Å². The quantitative estimate of drug-likeness (QED) is 0.324. The predicted molar refractivity (Wildman–Crippen MR) is 107 cm³/mol. The molecule has 4 aromatic carbocycles. The van der Waals surface area contributed by atoms with E-state index in [1.165, 1.54) is 10.8 Å². The zero-order valence-electron chi connectivity index (χ0n) is 13.1. The molecule has 0 fully saturated rings. The zero-order valence-corrected chi connectivity index (χ0v) is 14.6. The van der Waals surface area contributed by atoms with E-state index < -0.39 is 0 Å². The van der Waals surface area contributed by atoms with Gasteiger partial charge >= 0.3 is 0 Å². The first-order valence-electron chi connectivity index (χ1n) is 7.97. The molecule has 25 heavy (non-hydrogen) atoms. The Labute approximate surface area is 154 Å². The lowest BCUT2D eigenvalue weighted by Gasteiger charge is -2.05. The summed E-state index contributed by atoms with van der Waals surface area (Å²) >= 11 is 12.6. The molecule has 0 aliphatic rings. The molecule has 1 heterocycles. The summed E-state index contributed by atoms with van der Waals surface area (Å²) in [5.41, 5.74) is 2.76. The first kappa shape index (κ1) is 14.8. The van der Waals surface area contributed by atoms with E-state index in [2.05, 4.69) is 41.4 Å². The van der Waals surface area contributed by atoms with Gasteiger partial charge in [-0.25, -0.2) is 4.98 Å². The fourth-order valence-electron chi connectivity index (χ4n) is 3.44. The minimum absolute atomic E-state index is 0.511. The van der Waals surface area contributed by atoms with E-state index in [1.807, 2.05) is 24.3 Å². The third-order valence-electron chi connectivity index (χ3n) is 4.58. The van der Waals surface area contributed by atoms with Crippen molar-refractivity contribution in [2.45, 2.75) is 0 Å². The molecule has 0 atom stereocenters. The number of aromatic nitrogens is 2. The molecular weight excluding hydrogens is 351 g/mol. The lowest BCUT2D eigenvalue weighted by Crippen LogP contribution is -1.82. The average molecular weight is 363 g/mol. The Kier molecular flexibility index (Phi) is 3.24. The smallest absolute Gasteiger partial charge is 0.140 e. The van der Waals surface area contributed by atoms with Crippen molar-refractivity contribution in [2.24, 2.45) is 0 Å². The van der Waals surface area contributed by atoms with Crippen LogP contribution in [0.4, 0.5) is 0 Å². The van der Waals surface area contributed by atoms with Gasteiger partial charge in [-0.15, -0.1) is 0 Å². The van der Waals surface area contributed by atoms with Crippen molar-refractivity contribution in [1.82, 2.24) is 9.97 Å². The molecule has 1 N–H and O–H groups in total. The van der Waals surface area contributed by atoms with Gasteiger partial charge < -0.3 is 4.98 Å². The van der Waals surface area contributed by atoms with Crippen molar-refractivity contribution in [1.29, 1.82) is 0 Å². The Hall–Kier alpha value is -2.55. The van der Waals surface area contributed by atoms with E-state index >= 15 is 0 Å². The first-order chi connectivity index (χ1) is 12.2. The molecule has 0 bridgehead atoms. The molecule has 2 nitrogen and oxygen atoms in total. The number of halogens is 2. The van der Waals surface area contributed by atoms with Gasteiger partial charge in [0, 0.05) is 16.3 Å². The predicted octanol–water partition coefficient (Wildman–Crippen LogP) is 6.84. The molecule has 120 valence electrons. The van der Waals surface area contributed by atoms with Crippen LogP contribution in [-0.4, -0.2) is 9.97 Å². The minimum atomic E-state index is 0.511. The summed E-state index contributed by atoms with van der Waals surface area (Å²) in [4.78, 5) is 8.33. The topological polar surface area (TPSA) is 28.7 Å². The van der Waals surface area contributed by atoms with Crippen LogP contribution < -0.4 is 0 Å². The highest BCUT2D eigenvalue weighted by Gasteiger charge is 2.15. The summed E-state index contributed by atoms with van der Waals surface area (Å²) in [6, 6.07) is 22.3. The largest absolute Gasteiger partial charge is 0.337 e. The van der Waals surface area contributed by atoms with Gasteiger partial charge in [-0.2, -0.15) is 0 Å². The summed E-state index contributed by atoms with van der Waals surface area (Å²) in [5.74, 6) is 0.726. The highest BCUT2D eigenvalue weighted by Crippen LogP contribution is 2.37. The number of aromatic amines is 1. The maximum Gasteiger partial charge on any atom is 0.140 e. The lowest BCUT2D eigenvalue weighted by atomic mass is 10.0. The van der Waals surface area contributed by atoms with Crippen molar-refractivity contribution in [3.05, 3.63) is 76.8 Å². The van der Waals surface area contributed by atoms with Gasteiger partial charge in [0.25, 0.3) is 0 Å². The Balaban J connectivity index is 1.96. The van der Waals surface area contributed by atoms with Crippen LogP contribution in [0.2, 0.25) is 10.0 Å². The third kappa shape index (κ3) is 2.15. The molecule has 0 amide bonds. The molecule has 5 aromatic rings. The lowest BCUT2D eigenvalue weighted by molar-refractivity contribution is 1.34. The zero-order chi connectivity index (χ0) is 17.0. The van der Waals surface area contributed by atoms with Crippen LogP contribution >= 0.6 is 23.2 Å². The SMILES string of the molecule is Clc1cccc(-c2nc3c4ccccc4c4ccccc4c3[nH]2)c1Cl. The number of imidazole rings is 1. The van der Waals surface area contributed by atoms with Crippen molar-refractivity contribution >= 4 is 55.8 Å². The summed E-state index contributed by atoms with van der Waals surface area (Å²) in [6.07, 6.45) is 0. The van der Waals surface area contributed by atoms with Gasteiger partial charge in [0.15, 0.2) is 0 Å². The van der Waals surface area contributed by atoms with Gasteiger partial charge in [-0.3, -0.25) is 0 Å². The van der Waals surface area contributed by atoms with Gasteiger partial charge in [0.1, 0.15) is 5.82 Å². The standard InChI is InChI=1S/C21H12Cl2N2/c22-17-11-5-10-16(18(17)23)21-24-19-14-8-3-1-6-12(14)13-7-2-4-9-15(13)20(19)25-21/h1-11H,(H,24,25). The first-order valence-corrected chi connectivity index (χ1v) is 8.73. The second kappa shape index (κ2) is 5.48. The van der Waals surface area contributed by atoms with Crippen LogP contribution in [-0.2, 0) is 0 Å². The van der Waals surface area contributed by atoms with Gasteiger partial charge in [0.05, 0.1) is 21.1 Å². The van der Waals surface area contributed by atoms with Crippen molar-refractivity contribution < 1.29 is 0 Å². The van der Waals surface area contributed by atoms with Crippen molar-refractivity contribution in [3.8, 4) is 11.4 Å². The Bertz CT molecular complexity index is 1200. The van der Waals surface area contributed by atoms with Gasteiger partial charge in [-0.05, 0) is 22.9 Å². The maximum absolute atomic E-state index is 6.40. The molecule has 1 aromatic heterocycles. The number of nitrogens with zero attached hydrogens (tertiary/aromatic N) is 1. The number of fused-ring (bicyclic) bond motifs is 6. The van der Waals surface area contributed by atoms with E-state index in [9.17, 15) is 0 Å². The summed E-state index contributed by atoms with van der Waals surface area (Å²) in [7, 11) is 0. The molecule has 0 aliphatic carbocycles. The number of H-pyrrole nitrogens is 1. The summed E-state index contributed by atoms with van der Waals surface area (Å²) in [5, 5.41) is 5.70. The second-order valence-corrected chi connectivity index (χ2v) is 6.79. The maximum atomic E-state index is 6.40. The van der Waals surface area contributed by atoms with Crippen LogP contribution in [0.15, 0.2) is 66.7 Å². The third-order valence-corrected chi connectivity index (χ3v) is 5.40. The van der Waals surface area contributed by atoms with E-state index in [-0.39, 0.29) is 0 Å². The molecule has 5 rings (SSSR count). The second-order valence-electron chi connectivity index (χ2n) is 6.00. The Morgan fingerprint density at radius 2 is 1.32 bits per heavy atom. The van der Waals surface area contributed by atoms with Crippen molar-refractivity contribution in [3.63, 3.8) is 0 Å². The highest BCUT2D eigenvalue weighted by molar-refractivity contribution is 6.43. The fraction of sp³-hybridized carbons (Fsp3) is 0. The summed E-state index contributed by atoms with van der Waals surface area (Å²) < 4.78 is 0. The number of benzene rings is 4. The normalized spacial score (nSPS) is 11.6. The van der Waals surface area contributed by atoms with Crippen molar-refractivity contribution in [2.75, 3.05) is 0 Å². The van der Waals surface area contributed by atoms with Crippen LogP contribution in [0.25, 0.3) is 44.0 Å².